The summed E-state index contributed by atoms with van der Waals surface area (Å²) in [6.07, 6.45) is 1.43. The quantitative estimate of drug-likeness (QED) is 0.833. The number of carbonyl (C=O) groups is 1. The summed E-state index contributed by atoms with van der Waals surface area (Å²) in [4.78, 5) is 14.0. The van der Waals surface area contributed by atoms with Gasteiger partial charge in [0.1, 0.15) is 5.60 Å². The number of benzene rings is 1. The summed E-state index contributed by atoms with van der Waals surface area (Å²) in [6.45, 7) is 6.23. The maximum Gasteiger partial charge on any atom is 0.410 e. The van der Waals surface area contributed by atoms with Crippen molar-refractivity contribution in [3.05, 3.63) is 35.9 Å². The summed E-state index contributed by atoms with van der Waals surface area (Å²) < 4.78 is 5.46. The van der Waals surface area contributed by atoms with Crippen molar-refractivity contribution in [1.29, 1.82) is 5.26 Å². The molecule has 0 radical (unpaired) electrons. The molecule has 2 rings (SSSR count). The van der Waals surface area contributed by atoms with Gasteiger partial charge in [-0.25, -0.2) is 4.79 Å². The monoisotopic (exact) mass is 286 g/mol. The molecule has 0 aliphatic carbocycles. The maximum atomic E-state index is 12.3. The van der Waals surface area contributed by atoms with E-state index in [1.54, 1.807) is 4.90 Å². The van der Waals surface area contributed by atoms with Crippen molar-refractivity contribution in [3.63, 3.8) is 0 Å². The second kappa shape index (κ2) is 6.17. The molecule has 1 aromatic carbocycles. The minimum Gasteiger partial charge on any atom is -0.444 e. The third-order valence-electron chi connectivity index (χ3n) is 3.61. The van der Waals surface area contributed by atoms with Crippen LogP contribution in [0.1, 0.15) is 45.1 Å². The van der Waals surface area contributed by atoms with Crippen LogP contribution in [0.25, 0.3) is 0 Å². The number of nitrogens with zero attached hydrogens (tertiary/aromatic N) is 2. The number of hydrogen-bond donors (Lipinski definition) is 0. The Labute approximate surface area is 126 Å². The Morgan fingerprint density at radius 1 is 1.38 bits per heavy atom. The van der Waals surface area contributed by atoms with Crippen molar-refractivity contribution in [1.82, 2.24) is 4.90 Å². The molecule has 2 atom stereocenters. The van der Waals surface area contributed by atoms with Crippen molar-refractivity contribution < 1.29 is 9.53 Å². The van der Waals surface area contributed by atoms with E-state index in [9.17, 15) is 10.1 Å². The molecule has 2 unspecified atom stereocenters. The Bertz CT molecular complexity index is 528. The van der Waals surface area contributed by atoms with E-state index in [0.29, 0.717) is 6.54 Å². The topological polar surface area (TPSA) is 53.3 Å². The Balaban J connectivity index is 2.18. The lowest BCUT2D eigenvalue weighted by Crippen LogP contribution is -2.42. The maximum absolute atomic E-state index is 12.3. The molecular formula is C17H22N2O2. The molecular weight excluding hydrogens is 264 g/mol. The van der Waals surface area contributed by atoms with Crippen molar-refractivity contribution in [2.24, 2.45) is 0 Å². The lowest BCUT2D eigenvalue weighted by molar-refractivity contribution is 0.0218. The minimum atomic E-state index is -0.515. The standard InChI is InChI=1S/C17H22N2O2/c1-17(2,3)21-16(20)19-11-7-10-15(19)14(12-18)13-8-5-4-6-9-13/h4-6,8-9,14-15H,7,10-11H2,1-3H3. The fraction of sp³-hybridized carbons (Fsp3) is 0.529. The molecule has 0 aromatic heterocycles. The Morgan fingerprint density at radius 3 is 2.62 bits per heavy atom. The van der Waals surface area contributed by atoms with Crippen LogP contribution in [0.15, 0.2) is 30.3 Å². The molecule has 4 heteroatoms. The van der Waals surface area contributed by atoms with E-state index in [1.165, 1.54) is 0 Å². The number of rotatable bonds is 2. The molecule has 1 amide bonds. The molecule has 1 aliphatic rings. The molecule has 0 spiro atoms. The molecule has 112 valence electrons. The van der Waals surface area contributed by atoms with Gasteiger partial charge in [0.25, 0.3) is 0 Å². The molecule has 4 nitrogen and oxygen atoms in total. The van der Waals surface area contributed by atoms with Gasteiger partial charge in [0.15, 0.2) is 0 Å². The van der Waals surface area contributed by atoms with Crippen LogP contribution in [0.3, 0.4) is 0 Å². The van der Waals surface area contributed by atoms with Crippen molar-refractivity contribution in [2.45, 2.75) is 51.2 Å². The first-order valence-corrected chi connectivity index (χ1v) is 7.36. The van der Waals surface area contributed by atoms with Crippen LogP contribution in [0.2, 0.25) is 0 Å². The van der Waals surface area contributed by atoms with Crippen LogP contribution >= 0.6 is 0 Å². The summed E-state index contributed by atoms with van der Waals surface area (Å²) in [7, 11) is 0. The molecule has 21 heavy (non-hydrogen) atoms. The van der Waals surface area contributed by atoms with Crippen LogP contribution < -0.4 is 0 Å². The Hall–Kier alpha value is -2.02. The van der Waals surface area contributed by atoms with Gasteiger partial charge in [-0.2, -0.15) is 5.26 Å². The van der Waals surface area contributed by atoms with E-state index < -0.39 is 5.60 Å². The highest BCUT2D eigenvalue weighted by molar-refractivity contribution is 5.69. The lowest BCUT2D eigenvalue weighted by Gasteiger charge is -2.30. The van der Waals surface area contributed by atoms with Crippen molar-refractivity contribution >= 4 is 6.09 Å². The van der Waals surface area contributed by atoms with Crippen molar-refractivity contribution in [2.75, 3.05) is 6.54 Å². The first-order valence-electron chi connectivity index (χ1n) is 7.36. The molecule has 1 aliphatic heterocycles. The van der Waals surface area contributed by atoms with Crippen LogP contribution in [0.5, 0.6) is 0 Å². The highest BCUT2D eigenvalue weighted by Gasteiger charge is 2.37. The van der Waals surface area contributed by atoms with Crippen molar-refractivity contribution in [3.8, 4) is 6.07 Å². The third kappa shape index (κ3) is 3.75. The average molecular weight is 286 g/mol. The normalized spacial score (nSPS) is 19.9. The van der Waals surface area contributed by atoms with Gasteiger partial charge < -0.3 is 9.64 Å². The van der Waals surface area contributed by atoms with Gasteiger partial charge >= 0.3 is 6.09 Å². The predicted molar refractivity (Wildman–Crippen MR) is 80.8 cm³/mol. The zero-order valence-corrected chi connectivity index (χ0v) is 12.9. The number of carbonyl (C=O) groups excluding carboxylic acids is 1. The Morgan fingerprint density at radius 2 is 2.05 bits per heavy atom. The van der Waals surface area contributed by atoms with E-state index >= 15 is 0 Å². The predicted octanol–water partition coefficient (Wildman–Crippen LogP) is 3.69. The van der Waals surface area contributed by atoms with Gasteiger partial charge in [-0.15, -0.1) is 0 Å². The largest absolute Gasteiger partial charge is 0.444 e. The summed E-state index contributed by atoms with van der Waals surface area (Å²) >= 11 is 0. The fourth-order valence-corrected chi connectivity index (χ4v) is 2.73. The summed E-state index contributed by atoms with van der Waals surface area (Å²) in [5.74, 6) is -0.304. The van der Waals surface area contributed by atoms with Crippen LogP contribution in [-0.4, -0.2) is 29.2 Å². The number of hydrogen-bond acceptors (Lipinski definition) is 3. The molecule has 1 aromatic rings. The number of amides is 1. The lowest BCUT2D eigenvalue weighted by atomic mass is 9.91. The first-order chi connectivity index (χ1) is 9.92. The smallest absolute Gasteiger partial charge is 0.410 e. The molecule has 0 saturated carbocycles. The van der Waals surface area contributed by atoms with E-state index in [0.717, 1.165) is 18.4 Å². The number of nitriles is 1. The highest BCUT2D eigenvalue weighted by Crippen LogP contribution is 2.31. The van der Waals surface area contributed by atoms with Gasteiger partial charge in [-0.1, -0.05) is 30.3 Å². The average Bonchev–Trinajstić information content (AvgIpc) is 2.88. The van der Waals surface area contributed by atoms with E-state index in [4.69, 9.17) is 4.74 Å². The van der Waals surface area contributed by atoms with Gasteiger partial charge in [0.2, 0.25) is 0 Å². The molecule has 1 saturated heterocycles. The summed E-state index contributed by atoms with van der Waals surface area (Å²) in [5, 5.41) is 9.54. The SMILES string of the molecule is CC(C)(C)OC(=O)N1CCCC1C(C#N)c1ccccc1. The van der Waals surface area contributed by atoms with E-state index in [-0.39, 0.29) is 18.1 Å². The molecule has 0 bridgehead atoms. The molecule has 1 heterocycles. The van der Waals surface area contributed by atoms with Gasteiger partial charge in [-0.3, -0.25) is 0 Å². The van der Waals surface area contributed by atoms with Crippen LogP contribution in [-0.2, 0) is 4.74 Å². The zero-order chi connectivity index (χ0) is 15.5. The fourth-order valence-electron chi connectivity index (χ4n) is 2.73. The van der Waals surface area contributed by atoms with Crippen LogP contribution in [0.4, 0.5) is 4.79 Å². The second-order valence-electron chi connectivity index (χ2n) is 6.40. The van der Waals surface area contributed by atoms with E-state index in [1.807, 2.05) is 51.1 Å². The van der Waals surface area contributed by atoms with Crippen LogP contribution in [0, 0.1) is 11.3 Å². The minimum absolute atomic E-state index is 0.104. The highest BCUT2D eigenvalue weighted by atomic mass is 16.6. The summed E-state index contributed by atoms with van der Waals surface area (Å²) in [5.41, 5.74) is 0.444. The second-order valence-corrected chi connectivity index (χ2v) is 6.40. The van der Waals surface area contributed by atoms with Gasteiger partial charge in [0, 0.05) is 6.54 Å². The first kappa shape index (κ1) is 15.4. The third-order valence-corrected chi connectivity index (χ3v) is 3.61. The van der Waals surface area contributed by atoms with Gasteiger partial charge in [0.05, 0.1) is 18.0 Å². The molecule has 0 N–H and O–H groups in total. The number of ether oxygens (including phenoxy) is 1. The summed E-state index contributed by atoms with van der Waals surface area (Å²) in [6, 6.07) is 11.9. The van der Waals surface area contributed by atoms with E-state index in [2.05, 4.69) is 6.07 Å². The Kier molecular flexibility index (Phi) is 4.52. The molecule has 1 fully saturated rings. The zero-order valence-electron chi connectivity index (χ0n) is 12.9. The van der Waals surface area contributed by atoms with Gasteiger partial charge in [-0.05, 0) is 39.2 Å². The number of likely N-dealkylation sites (tertiary alicyclic amines) is 1.